The van der Waals surface area contributed by atoms with Crippen LogP contribution < -0.4 is 9.88 Å². The number of benzene rings is 1. The van der Waals surface area contributed by atoms with Crippen LogP contribution in [0.1, 0.15) is 0 Å². The minimum atomic E-state index is 0.927. The number of aromatic nitrogens is 1. The van der Waals surface area contributed by atoms with E-state index in [2.05, 4.69) is 46.8 Å². The first-order valence-electron chi connectivity index (χ1n) is 5.66. The van der Waals surface area contributed by atoms with Crippen molar-refractivity contribution in [1.29, 1.82) is 0 Å². The lowest BCUT2D eigenvalue weighted by atomic mass is 10.3. The number of thioether (sulfide) groups is 1. The van der Waals surface area contributed by atoms with E-state index < -0.39 is 0 Å². The third-order valence-electron chi connectivity index (χ3n) is 2.48. The van der Waals surface area contributed by atoms with Crippen LogP contribution >= 0.6 is 35.7 Å². The molecule has 1 aliphatic rings. The zero-order chi connectivity index (χ0) is 12.1. The summed E-state index contributed by atoms with van der Waals surface area (Å²) in [6.07, 6.45) is 0. The Morgan fingerprint density at radius 1 is 1.41 bits per heavy atom. The number of rotatable bonds is 2. The molecule has 0 bridgehead atoms. The second-order valence-electron chi connectivity index (χ2n) is 3.66. The molecule has 1 N–H and O–H groups in total. The Labute approximate surface area is 116 Å². The molecular weight excluding hydrogens is 268 g/mol. The molecule has 0 atom stereocenters. The summed E-state index contributed by atoms with van der Waals surface area (Å²) < 4.78 is 5.31. The highest BCUT2D eigenvalue weighted by molar-refractivity contribution is 8.01. The van der Waals surface area contributed by atoms with Crippen molar-refractivity contribution < 1.29 is 4.57 Å². The lowest BCUT2D eigenvalue weighted by Gasteiger charge is -1.84. The van der Waals surface area contributed by atoms with Crippen LogP contribution in [0, 0.1) is 0 Å². The molecular formula is C12H17N2S3+. The molecule has 3 rings (SSSR count). The van der Waals surface area contributed by atoms with Crippen molar-refractivity contribution in [2.24, 2.45) is 0 Å². The number of thiol groups is 1. The van der Waals surface area contributed by atoms with E-state index >= 15 is 0 Å². The van der Waals surface area contributed by atoms with Crippen molar-refractivity contribution in [3.05, 3.63) is 24.3 Å². The first-order valence-corrected chi connectivity index (χ1v) is 8.10. The van der Waals surface area contributed by atoms with E-state index in [-0.39, 0.29) is 0 Å². The number of nitrogens with zero attached hydrogens (tertiary/aromatic N) is 1. The first kappa shape index (κ1) is 13.2. The summed E-state index contributed by atoms with van der Waals surface area (Å²) in [5.41, 5.74) is 1.41. The average Bonchev–Trinajstić information content (AvgIpc) is 2.90. The molecule has 0 fully saturated rings. The largest absolute Gasteiger partial charge is 0.319 e. The van der Waals surface area contributed by atoms with E-state index in [1.54, 1.807) is 0 Å². The average molecular weight is 285 g/mol. The maximum absolute atomic E-state index is 3.94. The molecule has 0 saturated carbocycles. The van der Waals surface area contributed by atoms with Crippen LogP contribution in [0.2, 0.25) is 0 Å². The SMILES string of the molecule is CNCCS.c1ccc2c(c1)sc1[n+]2CCS1. The maximum Gasteiger partial charge on any atom is 0.298 e. The Balaban J connectivity index is 0.000000188. The Hall–Kier alpha value is -0.230. The van der Waals surface area contributed by atoms with E-state index in [1.165, 1.54) is 26.9 Å². The van der Waals surface area contributed by atoms with Gasteiger partial charge in [-0.3, -0.25) is 0 Å². The number of para-hydroxylation sites is 1. The van der Waals surface area contributed by atoms with Gasteiger partial charge in [-0.25, -0.2) is 0 Å². The van der Waals surface area contributed by atoms with E-state index in [1.807, 2.05) is 30.1 Å². The van der Waals surface area contributed by atoms with E-state index in [4.69, 9.17) is 0 Å². The minimum Gasteiger partial charge on any atom is -0.319 e. The fourth-order valence-electron chi connectivity index (χ4n) is 1.67. The van der Waals surface area contributed by atoms with E-state index in [9.17, 15) is 0 Å². The van der Waals surface area contributed by atoms with E-state index in [0.717, 1.165) is 12.3 Å². The van der Waals surface area contributed by atoms with Crippen LogP contribution in [0.5, 0.6) is 0 Å². The van der Waals surface area contributed by atoms with Crippen molar-refractivity contribution in [3.8, 4) is 0 Å². The highest BCUT2D eigenvalue weighted by atomic mass is 32.2. The number of fused-ring (bicyclic) bond motifs is 3. The third-order valence-corrected chi connectivity index (χ3v) is 5.12. The Morgan fingerprint density at radius 2 is 2.24 bits per heavy atom. The second-order valence-corrected chi connectivity index (χ2v) is 6.48. The monoisotopic (exact) mass is 285 g/mol. The zero-order valence-electron chi connectivity index (χ0n) is 9.85. The highest BCUT2D eigenvalue weighted by Gasteiger charge is 2.25. The molecule has 0 spiro atoms. The summed E-state index contributed by atoms with van der Waals surface area (Å²) >= 11 is 7.83. The summed E-state index contributed by atoms with van der Waals surface area (Å²) in [6.45, 7) is 2.19. The fraction of sp³-hybridized carbons (Fsp3) is 0.417. The van der Waals surface area contributed by atoms with Gasteiger partial charge in [0.25, 0.3) is 4.34 Å². The van der Waals surface area contributed by atoms with Crippen molar-refractivity contribution in [1.82, 2.24) is 5.32 Å². The van der Waals surface area contributed by atoms with Crippen LogP contribution in [0.3, 0.4) is 0 Å². The van der Waals surface area contributed by atoms with E-state index in [0.29, 0.717) is 0 Å². The summed E-state index contributed by atoms with van der Waals surface area (Å²) in [7, 11) is 1.91. The molecule has 0 amide bonds. The predicted molar refractivity (Wildman–Crippen MR) is 80.5 cm³/mol. The van der Waals surface area contributed by atoms with Crippen molar-refractivity contribution >= 4 is 45.9 Å². The number of nitrogens with one attached hydrogen (secondary N) is 1. The molecule has 2 nitrogen and oxygen atoms in total. The molecule has 0 saturated heterocycles. The Kier molecular flexibility index (Phi) is 5.16. The molecule has 2 aromatic rings. The molecule has 1 aliphatic heterocycles. The first-order chi connectivity index (χ1) is 8.36. The molecule has 0 unspecified atom stereocenters. The number of hydrogen-bond acceptors (Lipinski definition) is 4. The molecule has 2 heterocycles. The van der Waals surface area contributed by atoms with Crippen molar-refractivity contribution in [2.75, 3.05) is 25.1 Å². The summed E-state index contributed by atoms with van der Waals surface area (Å²) in [6, 6.07) is 8.64. The van der Waals surface area contributed by atoms with Crippen LogP contribution in [0.25, 0.3) is 10.2 Å². The van der Waals surface area contributed by atoms with Gasteiger partial charge < -0.3 is 5.32 Å². The quantitative estimate of drug-likeness (QED) is 0.651. The third kappa shape index (κ3) is 3.16. The van der Waals surface area contributed by atoms with Gasteiger partial charge in [0.05, 0.1) is 5.75 Å². The topological polar surface area (TPSA) is 15.9 Å². The normalized spacial score (nSPS) is 13.3. The zero-order valence-corrected chi connectivity index (χ0v) is 12.4. The van der Waals surface area contributed by atoms with Crippen molar-refractivity contribution in [2.45, 2.75) is 10.9 Å². The summed E-state index contributed by atoms with van der Waals surface area (Å²) in [4.78, 5) is 0. The summed E-state index contributed by atoms with van der Waals surface area (Å²) in [5, 5.41) is 2.94. The molecule has 1 aromatic carbocycles. The second kappa shape index (κ2) is 6.64. The molecule has 1 aromatic heterocycles. The molecule has 17 heavy (non-hydrogen) atoms. The molecule has 5 heteroatoms. The number of thiazole rings is 1. The van der Waals surface area contributed by atoms with Gasteiger partial charge in [-0.15, -0.1) is 0 Å². The van der Waals surface area contributed by atoms with Crippen LogP contribution in [0.15, 0.2) is 28.6 Å². The van der Waals surface area contributed by atoms with Crippen LogP contribution in [-0.2, 0) is 6.54 Å². The lowest BCUT2D eigenvalue weighted by Crippen LogP contribution is -2.30. The molecule has 0 aliphatic carbocycles. The van der Waals surface area contributed by atoms with Gasteiger partial charge in [0.15, 0.2) is 6.54 Å². The predicted octanol–water partition coefficient (Wildman–Crippen LogP) is 2.43. The fourth-order valence-corrected chi connectivity index (χ4v) is 4.36. The Bertz CT molecular complexity index is 480. The van der Waals surface area contributed by atoms with Gasteiger partial charge in [0, 0.05) is 18.4 Å². The van der Waals surface area contributed by atoms with Gasteiger partial charge in [0.1, 0.15) is 4.70 Å². The van der Waals surface area contributed by atoms with Gasteiger partial charge in [-0.05, 0) is 24.9 Å². The van der Waals surface area contributed by atoms with Crippen LogP contribution in [-0.4, -0.2) is 25.1 Å². The van der Waals surface area contributed by atoms with Crippen LogP contribution in [0.4, 0.5) is 0 Å². The van der Waals surface area contributed by atoms with Gasteiger partial charge in [0.2, 0.25) is 5.52 Å². The van der Waals surface area contributed by atoms with Gasteiger partial charge in [-0.1, -0.05) is 23.5 Å². The summed E-state index contributed by atoms with van der Waals surface area (Å²) in [5.74, 6) is 2.17. The number of hydrogen-bond donors (Lipinski definition) is 2. The van der Waals surface area contributed by atoms with Gasteiger partial charge >= 0.3 is 0 Å². The molecule has 92 valence electrons. The lowest BCUT2D eigenvalue weighted by molar-refractivity contribution is -0.692. The number of aryl methyl sites for hydroxylation is 1. The van der Waals surface area contributed by atoms with Crippen molar-refractivity contribution in [3.63, 3.8) is 0 Å². The standard InChI is InChI=1S/C9H8NS2.C3H9NS/c1-2-4-8-7(3-1)10-5-6-11-9(10)12-8;1-4-2-3-5/h1-4H,5-6H2;4-5H,2-3H2,1H3/q+1;. The highest BCUT2D eigenvalue weighted by Crippen LogP contribution is 2.31. The smallest absolute Gasteiger partial charge is 0.298 e. The maximum atomic E-state index is 3.94. The van der Waals surface area contributed by atoms with Gasteiger partial charge in [-0.2, -0.15) is 17.2 Å². The Morgan fingerprint density at radius 3 is 2.94 bits per heavy atom. The molecule has 0 radical (unpaired) electrons. The minimum absolute atomic E-state index is 0.927.